The maximum Gasteiger partial charge on any atom is -0.147 e. The molecule has 2 unspecified atom stereocenters. The van der Waals surface area contributed by atoms with Gasteiger partial charge in [-0.15, -0.1) is 24.8 Å². The number of fused-ring (bicyclic) bond motifs is 3. The van der Waals surface area contributed by atoms with Gasteiger partial charge in [0.05, 0.1) is 0 Å². The molecule has 0 amide bonds. The summed E-state index contributed by atoms with van der Waals surface area (Å²) in [6, 6.07) is 34.5. The van der Waals surface area contributed by atoms with Crippen LogP contribution in [0.25, 0.3) is 45.2 Å². The third-order valence-electron chi connectivity index (χ3n) is 11.0. The van der Waals surface area contributed by atoms with Gasteiger partial charge in [0.15, 0.2) is 0 Å². The molecular formula is C43H48Cl2SiZr. The second kappa shape index (κ2) is 12.8. The topological polar surface area (TPSA) is 0 Å². The first-order chi connectivity index (χ1) is 21.4. The molecule has 0 spiro atoms. The first-order valence-corrected chi connectivity index (χ1v) is 30.3. The molecule has 4 heteroatoms. The molecule has 7 rings (SSSR count). The molecule has 0 aromatic heterocycles. The molecule has 0 saturated heterocycles. The quantitative estimate of drug-likeness (QED) is 0.157. The van der Waals surface area contributed by atoms with E-state index in [9.17, 15) is 0 Å². The average molecular weight is 755 g/mol. The van der Waals surface area contributed by atoms with Crippen LogP contribution in [0.2, 0.25) is 9.26 Å². The molecule has 0 radical (unpaired) electrons. The Kier molecular flexibility index (Phi) is 9.73. The van der Waals surface area contributed by atoms with Gasteiger partial charge in [0.2, 0.25) is 0 Å². The summed E-state index contributed by atoms with van der Waals surface area (Å²) in [4.78, 5) is 0. The van der Waals surface area contributed by atoms with Gasteiger partial charge < -0.3 is 0 Å². The zero-order chi connectivity index (χ0) is 31.9. The summed E-state index contributed by atoms with van der Waals surface area (Å²) in [7, 11) is 0. The van der Waals surface area contributed by atoms with E-state index in [2.05, 4.69) is 161 Å². The van der Waals surface area contributed by atoms with Crippen molar-refractivity contribution in [1.82, 2.24) is 0 Å². The van der Waals surface area contributed by atoms with E-state index in [0.717, 1.165) is 0 Å². The second-order valence-electron chi connectivity index (χ2n) is 15.4. The van der Waals surface area contributed by atoms with Gasteiger partial charge >= 0.3 is 275 Å². The van der Waals surface area contributed by atoms with Crippen molar-refractivity contribution in [3.05, 3.63) is 141 Å². The van der Waals surface area contributed by atoms with Gasteiger partial charge in [0.1, 0.15) is 0 Å². The Morgan fingerprint density at radius 2 is 1.26 bits per heavy atom. The molecule has 0 bridgehead atoms. The smallest absolute Gasteiger partial charge is 0.147 e. The van der Waals surface area contributed by atoms with E-state index in [0.29, 0.717) is 13.2 Å². The number of hydrogen-bond acceptors (Lipinski definition) is 0. The SMILES string of the molecule is CC1=Cc2c(-c3cccc4ccccc34)ccc(C)c2[CH]1[Zr]([CH3])([CH3])(=[SiH2])[CH]1C(C(C)C)=Cc2c(-c3cc(C)ccc3C)cccc21.Cl.Cl. The molecule has 0 heterocycles. The molecule has 0 saturated carbocycles. The Labute approximate surface area is 297 Å². The number of halogens is 2. The number of hydrogen-bond donors (Lipinski definition) is 0. The minimum Gasteiger partial charge on any atom is -0.147 e. The first-order valence-electron chi connectivity index (χ1n) is 16.6. The zero-order valence-electron chi connectivity index (χ0n) is 29.1. The van der Waals surface area contributed by atoms with E-state index in [1.165, 1.54) is 60.8 Å². The van der Waals surface area contributed by atoms with Gasteiger partial charge in [-0.3, -0.25) is 0 Å². The van der Waals surface area contributed by atoms with Crippen LogP contribution in [0.5, 0.6) is 0 Å². The minimum atomic E-state index is -3.73. The standard InChI is InChI=1S/C21H17.C20H21.2CH3.2ClH.H2Si.Zr/c1-14-12-20-15(2)10-11-19(21(20)13-14)18-9-5-7-16-6-3-4-8-17(16)18;1-13(2)17-11-16-6-5-7-18(20(16)12-17)19-10-14(3)8-9-15(19)4;;;;;;/h3-13H,1-2H3;5-13H,1-4H3;2*1H3;2*1H;1H2;. The summed E-state index contributed by atoms with van der Waals surface area (Å²) in [5, 5.41) is 2.64. The van der Waals surface area contributed by atoms with Crippen molar-refractivity contribution in [1.29, 1.82) is 0 Å². The summed E-state index contributed by atoms with van der Waals surface area (Å²) < 4.78 is 6.56. The molecule has 2 aliphatic rings. The van der Waals surface area contributed by atoms with Crippen LogP contribution in [0.3, 0.4) is 0 Å². The van der Waals surface area contributed by atoms with E-state index < -0.39 is 17.4 Å². The molecule has 47 heavy (non-hydrogen) atoms. The van der Waals surface area contributed by atoms with Gasteiger partial charge in [0, 0.05) is 0 Å². The largest absolute Gasteiger partial charge is 0.147 e. The van der Waals surface area contributed by atoms with E-state index in [1.54, 1.807) is 22.3 Å². The van der Waals surface area contributed by atoms with Gasteiger partial charge in [-0.2, -0.15) is 0 Å². The van der Waals surface area contributed by atoms with Crippen LogP contribution in [0.15, 0.2) is 102 Å². The van der Waals surface area contributed by atoms with Crippen LogP contribution in [0.4, 0.5) is 0 Å². The summed E-state index contributed by atoms with van der Waals surface area (Å²) in [6.45, 7) is 16.6. The molecule has 0 N–H and O–H groups in total. The van der Waals surface area contributed by atoms with Crippen molar-refractivity contribution in [3.8, 4) is 22.3 Å². The Balaban J connectivity index is 0.00000217. The average Bonchev–Trinajstić information content (AvgIpc) is 3.59. The van der Waals surface area contributed by atoms with Gasteiger partial charge in [-0.1, -0.05) is 0 Å². The number of aryl methyl sites for hydroxylation is 3. The Morgan fingerprint density at radius 1 is 0.617 bits per heavy atom. The van der Waals surface area contributed by atoms with Crippen molar-refractivity contribution in [2.24, 2.45) is 5.92 Å². The molecule has 2 aliphatic carbocycles. The van der Waals surface area contributed by atoms with Crippen LogP contribution in [0, 0.1) is 26.7 Å². The Morgan fingerprint density at radius 3 is 2.00 bits per heavy atom. The Hall–Kier alpha value is -2.48. The van der Waals surface area contributed by atoms with Crippen molar-refractivity contribution in [2.45, 2.75) is 58.1 Å². The zero-order valence-corrected chi connectivity index (χ0v) is 34.6. The predicted molar refractivity (Wildman–Crippen MR) is 212 cm³/mol. The fourth-order valence-electron chi connectivity index (χ4n) is 9.15. The summed E-state index contributed by atoms with van der Waals surface area (Å²) in [5.41, 5.74) is 19.0. The van der Waals surface area contributed by atoms with Gasteiger partial charge in [-0.05, 0) is 0 Å². The van der Waals surface area contributed by atoms with E-state index >= 15 is 0 Å². The predicted octanol–water partition coefficient (Wildman–Crippen LogP) is 12.5. The minimum absolute atomic E-state index is 0. The third-order valence-corrected chi connectivity index (χ3v) is 28.6. The second-order valence-corrected chi connectivity index (χ2v) is 45.9. The summed E-state index contributed by atoms with van der Waals surface area (Å²) in [6.07, 6.45) is 5.18. The summed E-state index contributed by atoms with van der Waals surface area (Å²) >= 11 is -3.73. The van der Waals surface area contributed by atoms with Crippen LogP contribution < -0.4 is 0 Å². The molecular weight excluding hydrogens is 707 g/mol. The first kappa shape index (κ1) is 35.8. The number of allylic oxidation sites excluding steroid dienone is 2. The van der Waals surface area contributed by atoms with Crippen LogP contribution >= 0.6 is 24.8 Å². The van der Waals surface area contributed by atoms with Crippen molar-refractivity contribution in [2.75, 3.05) is 0 Å². The number of benzene rings is 5. The third kappa shape index (κ3) is 5.72. The van der Waals surface area contributed by atoms with Gasteiger partial charge in [0.25, 0.3) is 0 Å². The molecule has 2 atom stereocenters. The molecule has 0 nitrogen and oxygen atoms in total. The molecule has 0 fully saturated rings. The fourth-order valence-corrected chi connectivity index (χ4v) is 29.8. The Bertz CT molecular complexity index is 2170. The van der Waals surface area contributed by atoms with Crippen molar-refractivity contribution >= 4 is 54.6 Å². The maximum atomic E-state index is 2.78. The van der Waals surface area contributed by atoms with E-state index in [1.807, 2.05) is 0 Å². The van der Waals surface area contributed by atoms with Crippen LogP contribution in [0.1, 0.15) is 67.0 Å². The normalized spacial score (nSPS) is 17.1. The van der Waals surface area contributed by atoms with E-state index in [-0.39, 0.29) is 24.8 Å². The monoisotopic (exact) mass is 752 g/mol. The van der Waals surface area contributed by atoms with Crippen LogP contribution in [-0.2, 0) is 17.4 Å². The molecule has 5 aromatic carbocycles. The summed E-state index contributed by atoms with van der Waals surface area (Å²) in [5.74, 6) is 0.500. The molecule has 0 aliphatic heterocycles. The van der Waals surface area contributed by atoms with Crippen LogP contribution in [-0.4, -0.2) is 6.88 Å². The maximum absolute atomic E-state index is 3.73. The molecule has 242 valence electrons. The fraction of sp³-hybridized carbons (Fsp3) is 0.256. The number of rotatable bonds is 5. The van der Waals surface area contributed by atoms with Gasteiger partial charge in [-0.25, -0.2) is 0 Å². The van der Waals surface area contributed by atoms with Crippen molar-refractivity contribution in [3.63, 3.8) is 0 Å². The van der Waals surface area contributed by atoms with Crippen molar-refractivity contribution < 1.29 is 17.4 Å². The van der Waals surface area contributed by atoms with E-state index in [4.69, 9.17) is 0 Å². The molecule has 5 aromatic rings.